The van der Waals surface area contributed by atoms with E-state index in [1.165, 1.54) is 12.0 Å². The van der Waals surface area contributed by atoms with E-state index in [4.69, 9.17) is 5.73 Å². The van der Waals surface area contributed by atoms with E-state index < -0.39 is 0 Å². The maximum Gasteiger partial charge on any atom is 0.224 e. The molecule has 0 radical (unpaired) electrons. The molecule has 0 heterocycles. The minimum Gasteiger partial charge on any atom is -0.352 e. The number of benzene rings is 1. The Morgan fingerprint density at radius 1 is 1.19 bits per heavy atom. The number of nitrogens with one attached hydrogen (secondary N) is 1. The van der Waals surface area contributed by atoms with Crippen LogP contribution in [0.1, 0.15) is 63.0 Å². The van der Waals surface area contributed by atoms with Crippen molar-refractivity contribution < 1.29 is 4.79 Å². The van der Waals surface area contributed by atoms with E-state index in [9.17, 15) is 4.79 Å². The number of hydrogen-bond acceptors (Lipinski definition) is 2. The van der Waals surface area contributed by atoms with Crippen molar-refractivity contribution in [3.05, 3.63) is 35.4 Å². The van der Waals surface area contributed by atoms with Gasteiger partial charge in [-0.2, -0.15) is 0 Å². The zero-order valence-corrected chi connectivity index (χ0v) is 13.3. The van der Waals surface area contributed by atoms with Gasteiger partial charge in [0.2, 0.25) is 5.91 Å². The van der Waals surface area contributed by atoms with Crippen molar-refractivity contribution in [3.63, 3.8) is 0 Å². The molecule has 3 nitrogen and oxygen atoms in total. The first-order valence-electron chi connectivity index (χ1n) is 8.20. The van der Waals surface area contributed by atoms with Crippen molar-refractivity contribution in [2.75, 3.05) is 0 Å². The Morgan fingerprint density at radius 3 is 2.52 bits per heavy atom. The Morgan fingerprint density at radius 2 is 1.86 bits per heavy atom. The normalized spacial score (nSPS) is 22.9. The van der Waals surface area contributed by atoms with Crippen LogP contribution in [0, 0.1) is 5.92 Å². The molecule has 1 saturated carbocycles. The lowest BCUT2D eigenvalue weighted by Gasteiger charge is -2.20. The number of hydrogen-bond donors (Lipinski definition) is 2. The van der Waals surface area contributed by atoms with Gasteiger partial charge in [-0.25, -0.2) is 0 Å². The third kappa shape index (κ3) is 4.57. The fourth-order valence-corrected chi connectivity index (χ4v) is 3.00. The highest BCUT2D eigenvalue weighted by Crippen LogP contribution is 2.22. The molecule has 1 aliphatic rings. The van der Waals surface area contributed by atoms with Gasteiger partial charge in [0, 0.05) is 12.6 Å². The summed E-state index contributed by atoms with van der Waals surface area (Å²) in [6, 6.07) is 8.51. The Hall–Kier alpha value is -1.35. The smallest absolute Gasteiger partial charge is 0.224 e. The first-order chi connectivity index (χ1) is 10.1. The monoisotopic (exact) mass is 288 g/mol. The highest BCUT2D eigenvalue weighted by atomic mass is 16.1. The molecular formula is C18H28N2O. The van der Waals surface area contributed by atoms with Crippen LogP contribution in [0.25, 0.3) is 0 Å². The van der Waals surface area contributed by atoms with Crippen molar-refractivity contribution in [1.29, 1.82) is 0 Å². The van der Waals surface area contributed by atoms with Gasteiger partial charge in [-0.05, 0) is 29.9 Å². The van der Waals surface area contributed by atoms with Crippen molar-refractivity contribution in [2.24, 2.45) is 11.7 Å². The van der Waals surface area contributed by atoms with Crippen LogP contribution in [0.15, 0.2) is 24.3 Å². The summed E-state index contributed by atoms with van der Waals surface area (Å²) in [5, 5.41) is 3.06. The third-order valence-electron chi connectivity index (χ3n) is 4.52. The second-order valence-corrected chi connectivity index (χ2v) is 6.52. The Balaban J connectivity index is 1.88. The number of amides is 1. The molecule has 2 rings (SSSR count). The SMILES string of the molecule is CC(C)c1ccc(CNC(=O)C2CCCCCC2N)cc1. The summed E-state index contributed by atoms with van der Waals surface area (Å²) in [4.78, 5) is 12.3. The van der Waals surface area contributed by atoms with Gasteiger partial charge >= 0.3 is 0 Å². The molecule has 0 spiro atoms. The maximum absolute atomic E-state index is 12.3. The van der Waals surface area contributed by atoms with Crippen LogP contribution in [-0.4, -0.2) is 11.9 Å². The molecule has 1 fully saturated rings. The maximum atomic E-state index is 12.3. The van der Waals surface area contributed by atoms with E-state index >= 15 is 0 Å². The van der Waals surface area contributed by atoms with E-state index in [1.807, 2.05) is 0 Å². The van der Waals surface area contributed by atoms with Gasteiger partial charge in [0.05, 0.1) is 5.92 Å². The van der Waals surface area contributed by atoms with E-state index in [0.717, 1.165) is 31.2 Å². The number of carbonyl (C=O) groups is 1. The van der Waals surface area contributed by atoms with Gasteiger partial charge in [-0.1, -0.05) is 57.4 Å². The number of nitrogens with two attached hydrogens (primary N) is 1. The molecule has 1 aromatic carbocycles. The molecule has 21 heavy (non-hydrogen) atoms. The van der Waals surface area contributed by atoms with Gasteiger partial charge in [0.1, 0.15) is 0 Å². The zero-order chi connectivity index (χ0) is 15.2. The van der Waals surface area contributed by atoms with Crippen LogP contribution in [0.2, 0.25) is 0 Å². The lowest BCUT2D eigenvalue weighted by molar-refractivity contribution is -0.126. The first kappa shape index (κ1) is 16.0. The molecule has 0 aromatic heterocycles. The standard InChI is InChI=1S/C18H28N2O/c1-13(2)15-10-8-14(9-11-15)12-20-18(21)16-6-4-3-5-7-17(16)19/h8-11,13,16-17H,3-7,12,19H2,1-2H3,(H,20,21). The molecule has 1 amide bonds. The van der Waals surface area contributed by atoms with E-state index in [-0.39, 0.29) is 17.9 Å². The van der Waals surface area contributed by atoms with Gasteiger partial charge in [0.25, 0.3) is 0 Å². The molecule has 0 aliphatic heterocycles. The molecule has 3 heteroatoms. The van der Waals surface area contributed by atoms with Gasteiger partial charge in [-0.15, -0.1) is 0 Å². The summed E-state index contributed by atoms with van der Waals surface area (Å²) in [6.07, 6.45) is 5.38. The topological polar surface area (TPSA) is 55.1 Å². The summed E-state index contributed by atoms with van der Waals surface area (Å²) >= 11 is 0. The van der Waals surface area contributed by atoms with Crippen LogP contribution in [-0.2, 0) is 11.3 Å². The Kier molecular flexibility index (Phi) is 5.80. The Bertz CT molecular complexity index is 453. The van der Waals surface area contributed by atoms with Crippen LogP contribution in [0.3, 0.4) is 0 Å². The van der Waals surface area contributed by atoms with Crippen molar-refractivity contribution in [2.45, 2.75) is 64.5 Å². The van der Waals surface area contributed by atoms with Gasteiger partial charge < -0.3 is 11.1 Å². The molecule has 1 aromatic rings. The summed E-state index contributed by atoms with van der Waals surface area (Å²) in [5.74, 6) is 0.650. The lowest BCUT2D eigenvalue weighted by Crippen LogP contribution is -2.41. The average Bonchev–Trinajstić information content (AvgIpc) is 2.70. The minimum absolute atomic E-state index is 0.0116. The van der Waals surface area contributed by atoms with Crippen LogP contribution >= 0.6 is 0 Å². The fraction of sp³-hybridized carbons (Fsp3) is 0.611. The third-order valence-corrected chi connectivity index (χ3v) is 4.52. The van der Waals surface area contributed by atoms with Crippen molar-refractivity contribution in [3.8, 4) is 0 Å². The summed E-state index contributed by atoms with van der Waals surface area (Å²) in [6.45, 7) is 4.97. The second kappa shape index (κ2) is 7.60. The van der Waals surface area contributed by atoms with Crippen LogP contribution < -0.4 is 11.1 Å². The lowest BCUT2D eigenvalue weighted by atomic mass is 9.94. The molecule has 3 N–H and O–H groups in total. The predicted octanol–water partition coefficient (Wildman–Crippen LogP) is 3.33. The number of rotatable bonds is 4. The highest BCUT2D eigenvalue weighted by molar-refractivity contribution is 5.79. The molecule has 0 saturated heterocycles. The Labute approximate surface area is 128 Å². The largest absolute Gasteiger partial charge is 0.352 e. The summed E-state index contributed by atoms with van der Waals surface area (Å²) in [7, 11) is 0. The minimum atomic E-state index is -0.0116. The van der Waals surface area contributed by atoms with E-state index in [0.29, 0.717) is 12.5 Å². The molecule has 1 aliphatic carbocycles. The van der Waals surface area contributed by atoms with Crippen molar-refractivity contribution in [1.82, 2.24) is 5.32 Å². The average molecular weight is 288 g/mol. The van der Waals surface area contributed by atoms with Crippen LogP contribution in [0.4, 0.5) is 0 Å². The molecular weight excluding hydrogens is 260 g/mol. The highest BCUT2D eigenvalue weighted by Gasteiger charge is 2.26. The molecule has 2 unspecified atom stereocenters. The summed E-state index contributed by atoms with van der Waals surface area (Å²) in [5.41, 5.74) is 8.62. The fourth-order valence-electron chi connectivity index (χ4n) is 3.00. The van der Waals surface area contributed by atoms with Gasteiger partial charge in [-0.3, -0.25) is 4.79 Å². The first-order valence-corrected chi connectivity index (χ1v) is 8.20. The summed E-state index contributed by atoms with van der Waals surface area (Å²) < 4.78 is 0. The second-order valence-electron chi connectivity index (χ2n) is 6.52. The van der Waals surface area contributed by atoms with Gasteiger partial charge in [0.15, 0.2) is 0 Å². The molecule has 116 valence electrons. The predicted molar refractivity (Wildman–Crippen MR) is 86.9 cm³/mol. The molecule has 0 bridgehead atoms. The molecule has 2 atom stereocenters. The van der Waals surface area contributed by atoms with Crippen molar-refractivity contribution >= 4 is 5.91 Å². The number of carbonyl (C=O) groups excluding carboxylic acids is 1. The zero-order valence-electron chi connectivity index (χ0n) is 13.3. The van der Waals surface area contributed by atoms with E-state index in [2.05, 4.69) is 43.4 Å². The van der Waals surface area contributed by atoms with E-state index in [1.54, 1.807) is 0 Å². The van der Waals surface area contributed by atoms with Crippen LogP contribution in [0.5, 0.6) is 0 Å². The quantitative estimate of drug-likeness (QED) is 0.835.